The summed E-state index contributed by atoms with van der Waals surface area (Å²) in [6.07, 6.45) is 2.59. The fourth-order valence-corrected chi connectivity index (χ4v) is 3.93. The maximum atomic E-state index is 5.67. The van der Waals surface area contributed by atoms with E-state index in [2.05, 4.69) is 42.3 Å². The lowest BCUT2D eigenvalue weighted by Gasteiger charge is -2.24. The monoisotopic (exact) mass is 335 g/mol. The topological polar surface area (TPSA) is 45.7 Å². The van der Waals surface area contributed by atoms with Crippen molar-refractivity contribution in [3.05, 3.63) is 29.8 Å². The summed E-state index contributed by atoms with van der Waals surface area (Å²) in [4.78, 5) is 4.72. The van der Waals surface area contributed by atoms with E-state index < -0.39 is 0 Å². The van der Waals surface area contributed by atoms with Crippen molar-refractivity contribution < 1.29 is 4.74 Å². The van der Waals surface area contributed by atoms with E-state index in [4.69, 9.17) is 9.73 Å². The van der Waals surface area contributed by atoms with E-state index >= 15 is 0 Å². The summed E-state index contributed by atoms with van der Waals surface area (Å²) in [7, 11) is 0. The second-order valence-corrected chi connectivity index (χ2v) is 7.67. The first-order valence-corrected chi connectivity index (χ1v) is 9.52. The van der Waals surface area contributed by atoms with Crippen molar-refractivity contribution in [2.45, 2.75) is 44.9 Å². The number of ether oxygens (including phenoxy) is 1. The first kappa shape index (κ1) is 18.0. The SMILES string of the molecule is CCNC(=NCc1ccccc1OCC)NCC1(C)CCCS1. The fourth-order valence-electron chi connectivity index (χ4n) is 2.68. The van der Waals surface area contributed by atoms with Gasteiger partial charge in [-0.1, -0.05) is 18.2 Å². The summed E-state index contributed by atoms with van der Waals surface area (Å²) < 4.78 is 6.01. The zero-order valence-electron chi connectivity index (χ0n) is 14.5. The Balaban J connectivity index is 1.98. The lowest BCUT2D eigenvalue weighted by molar-refractivity contribution is 0.336. The first-order chi connectivity index (χ1) is 11.2. The smallest absolute Gasteiger partial charge is 0.191 e. The largest absolute Gasteiger partial charge is 0.494 e. The Labute approximate surface area is 144 Å². The van der Waals surface area contributed by atoms with Crippen molar-refractivity contribution in [3.8, 4) is 5.75 Å². The molecule has 1 fully saturated rings. The Morgan fingerprint density at radius 3 is 2.83 bits per heavy atom. The lowest BCUT2D eigenvalue weighted by Crippen LogP contribution is -2.43. The summed E-state index contributed by atoms with van der Waals surface area (Å²) in [6.45, 7) is 9.55. The minimum absolute atomic E-state index is 0.333. The van der Waals surface area contributed by atoms with Gasteiger partial charge in [-0.3, -0.25) is 0 Å². The zero-order chi connectivity index (χ0) is 16.5. The Hall–Kier alpha value is -1.36. The number of thioether (sulfide) groups is 1. The lowest BCUT2D eigenvalue weighted by atomic mass is 10.1. The number of nitrogens with one attached hydrogen (secondary N) is 2. The van der Waals surface area contributed by atoms with Crippen LogP contribution in [0.3, 0.4) is 0 Å². The first-order valence-electron chi connectivity index (χ1n) is 8.53. The molecule has 5 heteroatoms. The highest BCUT2D eigenvalue weighted by Crippen LogP contribution is 2.36. The molecule has 0 saturated carbocycles. The minimum Gasteiger partial charge on any atom is -0.494 e. The van der Waals surface area contributed by atoms with E-state index in [-0.39, 0.29) is 0 Å². The van der Waals surface area contributed by atoms with Gasteiger partial charge in [-0.25, -0.2) is 4.99 Å². The summed E-state index contributed by atoms with van der Waals surface area (Å²) in [6, 6.07) is 8.11. The summed E-state index contributed by atoms with van der Waals surface area (Å²) >= 11 is 2.06. The summed E-state index contributed by atoms with van der Waals surface area (Å²) in [5.41, 5.74) is 1.12. The molecule has 0 aliphatic carbocycles. The Morgan fingerprint density at radius 2 is 2.13 bits per heavy atom. The molecule has 1 unspecified atom stereocenters. The summed E-state index contributed by atoms with van der Waals surface area (Å²) in [5.74, 6) is 3.08. The van der Waals surface area contributed by atoms with E-state index in [1.54, 1.807) is 0 Å². The van der Waals surface area contributed by atoms with Crippen LogP contribution in [0.25, 0.3) is 0 Å². The molecule has 1 aliphatic heterocycles. The van der Waals surface area contributed by atoms with Crippen molar-refractivity contribution in [3.63, 3.8) is 0 Å². The molecule has 0 amide bonds. The van der Waals surface area contributed by atoms with Crippen molar-refractivity contribution in [1.82, 2.24) is 10.6 Å². The highest BCUT2D eigenvalue weighted by atomic mass is 32.2. The highest BCUT2D eigenvalue weighted by molar-refractivity contribution is 8.00. The maximum absolute atomic E-state index is 5.67. The van der Waals surface area contributed by atoms with Gasteiger partial charge in [0.2, 0.25) is 0 Å². The average Bonchev–Trinajstić information content (AvgIpc) is 2.99. The van der Waals surface area contributed by atoms with E-state index in [1.165, 1.54) is 18.6 Å². The van der Waals surface area contributed by atoms with E-state index in [0.29, 0.717) is 17.9 Å². The number of benzene rings is 1. The third-order valence-electron chi connectivity index (χ3n) is 3.95. The normalized spacial score (nSPS) is 21.3. The molecule has 2 rings (SSSR count). The molecular formula is C18H29N3OS. The van der Waals surface area contributed by atoms with Gasteiger partial charge in [0.1, 0.15) is 5.75 Å². The molecule has 0 spiro atoms. The van der Waals surface area contributed by atoms with Crippen LogP contribution in [-0.2, 0) is 6.54 Å². The third-order valence-corrected chi connectivity index (χ3v) is 5.49. The van der Waals surface area contributed by atoms with Gasteiger partial charge in [-0.05, 0) is 45.4 Å². The van der Waals surface area contributed by atoms with Gasteiger partial charge >= 0.3 is 0 Å². The Morgan fingerprint density at radius 1 is 1.30 bits per heavy atom. The van der Waals surface area contributed by atoms with Crippen molar-refractivity contribution >= 4 is 17.7 Å². The van der Waals surface area contributed by atoms with Gasteiger partial charge < -0.3 is 15.4 Å². The van der Waals surface area contributed by atoms with Crippen LogP contribution in [0.5, 0.6) is 5.75 Å². The minimum atomic E-state index is 0.333. The molecule has 1 aromatic rings. The van der Waals surface area contributed by atoms with E-state index in [0.717, 1.165) is 30.4 Å². The van der Waals surface area contributed by atoms with Crippen LogP contribution < -0.4 is 15.4 Å². The molecular weight excluding hydrogens is 306 g/mol. The van der Waals surface area contributed by atoms with Gasteiger partial charge in [-0.2, -0.15) is 11.8 Å². The molecule has 0 aromatic heterocycles. The van der Waals surface area contributed by atoms with Crippen LogP contribution in [0.15, 0.2) is 29.3 Å². The molecule has 23 heavy (non-hydrogen) atoms. The Kier molecular flexibility index (Phi) is 7.09. The number of rotatable bonds is 7. The second kappa shape index (κ2) is 9.06. The molecule has 1 aliphatic rings. The zero-order valence-corrected chi connectivity index (χ0v) is 15.3. The number of guanidine groups is 1. The quantitative estimate of drug-likeness (QED) is 0.592. The van der Waals surface area contributed by atoms with Gasteiger partial charge in [0.15, 0.2) is 5.96 Å². The number of hydrogen-bond acceptors (Lipinski definition) is 3. The van der Waals surface area contributed by atoms with Crippen LogP contribution in [0, 0.1) is 0 Å². The second-order valence-electron chi connectivity index (χ2n) is 5.99. The average molecular weight is 336 g/mol. The number of aliphatic imine (C=N–C) groups is 1. The predicted octanol–water partition coefficient (Wildman–Crippen LogP) is 3.43. The predicted molar refractivity (Wildman–Crippen MR) is 101 cm³/mol. The molecule has 1 atom stereocenters. The third kappa shape index (κ3) is 5.65. The van der Waals surface area contributed by atoms with Crippen molar-refractivity contribution in [1.29, 1.82) is 0 Å². The molecule has 0 bridgehead atoms. The molecule has 4 nitrogen and oxygen atoms in total. The molecule has 1 aromatic carbocycles. The molecule has 1 saturated heterocycles. The summed E-state index contributed by atoms with van der Waals surface area (Å²) in [5, 5.41) is 6.84. The molecule has 0 radical (unpaired) electrons. The molecule has 2 N–H and O–H groups in total. The van der Waals surface area contributed by atoms with E-state index in [9.17, 15) is 0 Å². The van der Waals surface area contributed by atoms with Crippen LogP contribution in [0.2, 0.25) is 0 Å². The fraction of sp³-hybridized carbons (Fsp3) is 0.611. The van der Waals surface area contributed by atoms with Gasteiger partial charge in [-0.15, -0.1) is 0 Å². The van der Waals surface area contributed by atoms with Gasteiger partial charge in [0, 0.05) is 23.4 Å². The maximum Gasteiger partial charge on any atom is 0.191 e. The Bertz CT molecular complexity index is 513. The van der Waals surface area contributed by atoms with Crippen molar-refractivity contribution in [2.24, 2.45) is 4.99 Å². The van der Waals surface area contributed by atoms with Crippen LogP contribution in [0.1, 0.15) is 39.2 Å². The van der Waals surface area contributed by atoms with Crippen LogP contribution in [0.4, 0.5) is 0 Å². The van der Waals surface area contributed by atoms with Gasteiger partial charge in [0.25, 0.3) is 0 Å². The highest BCUT2D eigenvalue weighted by Gasteiger charge is 2.29. The number of nitrogens with zero attached hydrogens (tertiary/aromatic N) is 1. The number of para-hydroxylation sites is 1. The van der Waals surface area contributed by atoms with Crippen LogP contribution >= 0.6 is 11.8 Å². The number of hydrogen-bond donors (Lipinski definition) is 2. The van der Waals surface area contributed by atoms with Crippen molar-refractivity contribution in [2.75, 3.05) is 25.4 Å². The van der Waals surface area contributed by atoms with E-state index in [1.807, 2.05) is 25.1 Å². The van der Waals surface area contributed by atoms with Crippen LogP contribution in [-0.4, -0.2) is 36.2 Å². The van der Waals surface area contributed by atoms with Gasteiger partial charge in [0.05, 0.1) is 13.2 Å². The standard InChI is InChI=1S/C18H29N3OS/c1-4-19-17(21-14-18(3)11-8-12-23-18)20-13-15-9-6-7-10-16(15)22-5-2/h6-7,9-10H,4-5,8,11-14H2,1-3H3,(H2,19,20,21). The molecule has 128 valence electrons. The molecule has 1 heterocycles.